The van der Waals surface area contributed by atoms with Gasteiger partial charge in [-0.05, 0) is 49.4 Å². The predicted molar refractivity (Wildman–Crippen MR) is 81.2 cm³/mol. The molecule has 0 aliphatic heterocycles. The van der Waals surface area contributed by atoms with Crippen LogP contribution >= 0.6 is 27.5 Å². The van der Waals surface area contributed by atoms with Crippen LogP contribution in [0.25, 0.3) is 0 Å². The maximum Gasteiger partial charge on any atom is 0.128 e. The molecule has 2 aromatic carbocycles. The number of halogens is 3. The van der Waals surface area contributed by atoms with Gasteiger partial charge in [-0.15, -0.1) is 0 Å². The zero-order valence-electron chi connectivity index (χ0n) is 10.7. The smallest absolute Gasteiger partial charge is 0.128 e. The zero-order chi connectivity index (χ0) is 14.0. The summed E-state index contributed by atoms with van der Waals surface area (Å²) in [5, 5.41) is 3.86. The molecule has 0 heterocycles. The molecule has 2 aromatic rings. The van der Waals surface area contributed by atoms with Crippen LogP contribution in [0.1, 0.15) is 22.7 Å². The highest BCUT2D eigenvalue weighted by Gasteiger charge is 2.17. The van der Waals surface area contributed by atoms with Gasteiger partial charge in [-0.1, -0.05) is 39.7 Å². The lowest BCUT2D eigenvalue weighted by molar-refractivity contribution is 0.575. The van der Waals surface area contributed by atoms with Crippen LogP contribution in [0.5, 0.6) is 0 Å². The van der Waals surface area contributed by atoms with Gasteiger partial charge in [-0.2, -0.15) is 0 Å². The molecule has 19 heavy (non-hydrogen) atoms. The lowest BCUT2D eigenvalue weighted by Gasteiger charge is -2.19. The van der Waals surface area contributed by atoms with Gasteiger partial charge in [0.25, 0.3) is 0 Å². The van der Waals surface area contributed by atoms with Crippen LogP contribution in [0.15, 0.2) is 40.9 Å². The van der Waals surface area contributed by atoms with Crippen LogP contribution in [-0.4, -0.2) is 7.05 Å². The largest absolute Gasteiger partial charge is 0.309 e. The molecule has 1 unspecified atom stereocenters. The molecule has 0 radical (unpaired) electrons. The molecule has 2 rings (SSSR count). The molecule has 0 aromatic heterocycles. The molecule has 0 bridgehead atoms. The minimum absolute atomic E-state index is 0.200. The molecule has 1 N–H and O–H groups in total. The van der Waals surface area contributed by atoms with Crippen LogP contribution in [0.2, 0.25) is 5.02 Å². The summed E-state index contributed by atoms with van der Waals surface area (Å²) in [7, 11) is 1.81. The lowest BCUT2D eigenvalue weighted by atomic mass is 9.97. The Balaban J connectivity index is 2.49. The van der Waals surface area contributed by atoms with E-state index in [0.717, 1.165) is 15.6 Å². The predicted octanol–water partition coefficient (Wildman–Crippen LogP) is 4.86. The summed E-state index contributed by atoms with van der Waals surface area (Å²) in [6.45, 7) is 1.94. The van der Waals surface area contributed by atoms with Crippen LogP contribution in [0.4, 0.5) is 4.39 Å². The summed E-state index contributed by atoms with van der Waals surface area (Å²) in [5.41, 5.74) is 2.58. The number of hydrogen-bond donors (Lipinski definition) is 1. The molecule has 0 aliphatic rings. The molecule has 1 nitrogen and oxygen atoms in total. The van der Waals surface area contributed by atoms with Gasteiger partial charge in [0.15, 0.2) is 0 Å². The van der Waals surface area contributed by atoms with Crippen LogP contribution in [0, 0.1) is 12.7 Å². The Labute approximate surface area is 125 Å². The third kappa shape index (κ3) is 3.16. The SMILES string of the molecule is CNC(c1ccc(Cl)c(C)c1)c1cc(Br)ccc1F. The maximum absolute atomic E-state index is 14.0. The number of rotatable bonds is 3. The van der Waals surface area contributed by atoms with E-state index < -0.39 is 0 Å². The molecule has 0 amide bonds. The first-order valence-corrected chi connectivity index (χ1v) is 7.08. The van der Waals surface area contributed by atoms with Gasteiger partial charge in [0.1, 0.15) is 5.82 Å². The van der Waals surface area contributed by atoms with Crippen molar-refractivity contribution in [2.75, 3.05) is 7.05 Å². The minimum atomic E-state index is -0.227. The summed E-state index contributed by atoms with van der Waals surface area (Å²) < 4.78 is 14.8. The van der Waals surface area contributed by atoms with Crippen molar-refractivity contribution in [3.8, 4) is 0 Å². The second kappa shape index (κ2) is 6.04. The Morgan fingerprint density at radius 2 is 1.95 bits per heavy atom. The van der Waals surface area contributed by atoms with Gasteiger partial charge in [-0.3, -0.25) is 0 Å². The average molecular weight is 343 g/mol. The summed E-state index contributed by atoms with van der Waals surface area (Å²) in [6, 6.07) is 10.5. The molecular formula is C15H14BrClFN. The summed E-state index contributed by atoms with van der Waals surface area (Å²) in [5.74, 6) is -0.227. The quantitative estimate of drug-likeness (QED) is 0.840. The van der Waals surface area contributed by atoms with E-state index in [1.54, 1.807) is 12.1 Å². The van der Waals surface area contributed by atoms with Crippen molar-refractivity contribution in [2.24, 2.45) is 0 Å². The highest BCUT2D eigenvalue weighted by molar-refractivity contribution is 9.10. The number of aryl methyl sites for hydroxylation is 1. The monoisotopic (exact) mass is 341 g/mol. The lowest BCUT2D eigenvalue weighted by Crippen LogP contribution is -2.19. The second-order valence-corrected chi connectivity index (χ2v) is 5.72. The molecule has 0 spiro atoms. The van der Waals surface area contributed by atoms with Crippen LogP contribution in [-0.2, 0) is 0 Å². The number of hydrogen-bond acceptors (Lipinski definition) is 1. The number of benzene rings is 2. The fourth-order valence-electron chi connectivity index (χ4n) is 2.09. The highest BCUT2D eigenvalue weighted by Crippen LogP contribution is 2.29. The summed E-state index contributed by atoms with van der Waals surface area (Å²) in [4.78, 5) is 0. The van der Waals surface area contributed by atoms with Gasteiger partial charge in [-0.25, -0.2) is 4.39 Å². The molecule has 0 saturated carbocycles. The normalized spacial score (nSPS) is 12.5. The maximum atomic E-state index is 14.0. The van der Waals surface area contributed by atoms with Gasteiger partial charge in [0.2, 0.25) is 0 Å². The Morgan fingerprint density at radius 1 is 1.21 bits per heavy atom. The van der Waals surface area contributed by atoms with Crippen LogP contribution < -0.4 is 5.32 Å². The Morgan fingerprint density at radius 3 is 2.58 bits per heavy atom. The standard InChI is InChI=1S/C15H14BrClFN/c1-9-7-10(3-5-13(9)17)15(19-2)12-8-11(16)4-6-14(12)18/h3-8,15,19H,1-2H3. The van der Waals surface area contributed by atoms with E-state index in [2.05, 4.69) is 21.2 Å². The molecular weight excluding hydrogens is 329 g/mol. The van der Waals surface area contributed by atoms with E-state index in [9.17, 15) is 4.39 Å². The Hall–Kier alpha value is -0.900. The van der Waals surface area contributed by atoms with Crippen LogP contribution in [0.3, 0.4) is 0 Å². The first-order chi connectivity index (χ1) is 9.02. The minimum Gasteiger partial charge on any atom is -0.309 e. The fourth-order valence-corrected chi connectivity index (χ4v) is 2.58. The van der Waals surface area contributed by atoms with E-state index in [1.165, 1.54) is 6.07 Å². The first kappa shape index (κ1) is 14.5. The molecule has 0 fully saturated rings. The zero-order valence-corrected chi connectivity index (χ0v) is 13.0. The van der Waals surface area contributed by atoms with E-state index in [0.29, 0.717) is 10.6 Å². The number of nitrogens with one attached hydrogen (secondary N) is 1. The van der Waals surface area contributed by atoms with Crippen molar-refractivity contribution < 1.29 is 4.39 Å². The second-order valence-electron chi connectivity index (χ2n) is 4.40. The van der Waals surface area contributed by atoms with E-state index in [-0.39, 0.29) is 11.9 Å². The van der Waals surface area contributed by atoms with Gasteiger partial charge in [0, 0.05) is 15.1 Å². The van der Waals surface area contributed by atoms with Gasteiger partial charge >= 0.3 is 0 Å². The van der Waals surface area contributed by atoms with E-state index in [1.807, 2.05) is 32.2 Å². The average Bonchev–Trinajstić information content (AvgIpc) is 2.38. The van der Waals surface area contributed by atoms with Crippen molar-refractivity contribution in [1.29, 1.82) is 0 Å². The molecule has 0 aliphatic carbocycles. The van der Waals surface area contributed by atoms with Gasteiger partial charge < -0.3 is 5.32 Å². The molecule has 0 saturated heterocycles. The van der Waals surface area contributed by atoms with Crippen molar-refractivity contribution in [3.63, 3.8) is 0 Å². The summed E-state index contributed by atoms with van der Waals surface area (Å²) in [6.07, 6.45) is 0. The topological polar surface area (TPSA) is 12.0 Å². The van der Waals surface area contributed by atoms with Crippen molar-refractivity contribution in [2.45, 2.75) is 13.0 Å². The molecule has 1 atom stereocenters. The van der Waals surface area contributed by atoms with Crippen molar-refractivity contribution in [1.82, 2.24) is 5.32 Å². The molecule has 100 valence electrons. The molecule has 4 heteroatoms. The highest BCUT2D eigenvalue weighted by atomic mass is 79.9. The van der Waals surface area contributed by atoms with Crippen molar-refractivity contribution in [3.05, 3.63) is 68.4 Å². The van der Waals surface area contributed by atoms with E-state index in [4.69, 9.17) is 11.6 Å². The van der Waals surface area contributed by atoms with Gasteiger partial charge in [0.05, 0.1) is 6.04 Å². The van der Waals surface area contributed by atoms with E-state index >= 15 is 0 Å². The Kier molecular flexibility index (Phi) is 4.61. The Bertz CT molecular complexity index is 601. The first-order valence-electron chi connectivity index (χ1n) is 5.91. The van der Waals surface area contributed by atoms with Crippen molar-refractivity contribution >= 4 is 27.5 Å². The third-order valence-electron chi connectivity index (χ3n) is 3.07. The third-order valence-corrected chi connectivity index (χ3v) is 3.99. The fraction of sp³-hybridized carbons (Fsp3) is 0.200. The summed E-state index contributed by atoms with van der Waals surface area (Å²) >= 11 is 9.41.